The highest BCUT2D eigenvalue weighted by Gasteiger charge is 2.38. The molecule has 0 saturated carbocycles. The number of halogens is 5. The minimum Gasteiger partial charge on any atom is -0.478 e. The monoisotopic (exact) mass is 601 g/mol. The number of carbonyl (C=O) groups is 2. The summed E-state index contributed by atoms with van der Waals surface area (Å²) >= 11 is 0. The van der Waals surface area contributed by atoms with Crippen LogP contribution in [-0.4, -0.2) is 67.8 Å². The van der Waals surface area contributed by atoms with Gasteiger partial charge in [0.25, 0.3) is 10.0 Å². The van der Waals surface area contributed by atoms with Crippen LogP contribution < -0.4 is 9.62 Å². The van der Waals surface area contributed by atoms with E-state index in [1.165, 1.54) is 24.3 Å². The van der Waals surface area contributed by atoms with Crippen LogP contribution in [0.15, 0.2) is 71.6 Å². The predicted octanol–water partition coefficient (Wildman–Crippen LogP) is 4.42. The minimum absolute atomic E-state index is 0.0645. The number of nitrogens with one attached hydrogen (secondary N) is 1. The third-order valence-electron chi connectivity index (χ3n) is 5.86. The molecular formula is C26H24F5N3O6S. The molecule has 0 aliphatic carbocycles. The summed E-state index contributed by atoms with van der Waals surface area (Å²) in [4.78, 5) is 24.4. The van der Waals surface area contributed by atoms with Crippen LogP contribution in [0.25, 0.3) is 0 Å². The SMILES string of the molecule is O=C(O)C(F)(F)F.O=C(O)c1ccc(N2CCN(Cc3cccc(F)c3)CC2)c(NS(=O)(=O)c2ccc(F)cc2)c1. The molecule has 0 amide bonds. The molecule has 9 nitrogen and oxygen atoms in total. The van der Waals surface area contributed by atoms with E-state index in [0.717, 1.165) is 29.8 Å². The van der Waals surface area contributed by atoms with Crippen LogP contribution in [0.5, 0.6) is 0 Å². The molecule has 1 fully saturated rings. The first-order valence-corrected chi connectivity index (χ1v) is 13.3. The summed E-state index contributed by atoms with van der Waals surface area (Å²) in [6.07, 6.45) is -5.08. The van der Waals surface area contributed by atoms with Crippen molar-refractivity contribution in [3.05, 3.63) is 89.5 Å². The van der Waals surface area contributed by atoms with E-state index >= 15 is 0 Å². The van der Waals surface area contributed by atoms with Gasteiger partial charge in [0.1, 0.15) is 11.6 Å². The average Bonchev–Trinajstić information content (AvgIpc) is 2.89. The molecule has 1 aliphatic heterocycles. The van der Waals surface area contributed by atoms with Crippen LogP contribution in [0, 0.1) is 11.6 Å². The van der Waals surface area contributed by atoms with Crippen molar-refractivity contribution in [1.29, 1.82) is 0 Å². The maximum absolute atomic E-state index is 13.5. The van der Waals surface area contributed by atoms with Crippen LogP contribution in [0.2, 0.25) is 0 Å². The Bertz CT molecular complexity index is 1490. The summed E-state index contributed by atoms with van der Waals surface area (Å²) in [5.74, 6) is -4.79. The fourth-order valence-corrected chi connectivity index (χ4v) is 4.95. The highest BCUT2D eigenvalue weighted by Crippen LogP contribution is 2.31. The molecule has 4 rings (SSSR count). The third kappa shape index (κ3) is 8.88. The Kier molecular flexibility index (Phi) is 9.88. The van der Waals surface area contributed by atoms with Gasteiger partial charge in [0.05, 0.1) is 21.8 Å². The summed E-state index contributed by atoms with van der Waals surface area (Å²) in [7, 11) is -4.07. The van der Waals surface area contributed by atoms with Gasteiger partial charge in [-0.3, -0.25) is 9.62 Å². The maximum Gasteiger partial charge on any atom is 0.490 e. The van der Waals surface area contributed by atoms with Gasteiger partial charge in [-0.1, -0.05) is 12.1 Å². The van der Waals surface area contributed by atoms with Gasteiger partial charge in [0, 0.05) is 32.7 Å². The second-order valence-electron chi connectivity index (χ2n) is 8.79. The van der Waals surface area contributed by atoms with Crippen molar-refractivity contribution >= 4 is 33.3 Å². The number of benzene rings is 3. The second kappa shape index (κ2) is 13.0. The smallest absolute Gasteiger partial charge is 0.478 e. The number of alkyl halides is 3. The van der Waals surface area contributed by atoms with E-state index in [0.29, 0.717) is 38.4 Å². The number of aromatic carboxylic acids is 1. The van der Waals surface area contributed by atoms with Gasteiger partial charge >= 0.3 is 18.1 Å². The highest BCUT2D eigenvalue weighted by molar-refractivity contribution is 7.92. The topological polar surface area (TPSA) is 127 Å². The van der Waals surface area contributed by atoms with E-state index in [1.807, 2.05) is 11.0 Å². The van der Waals surface area contributed by atoms with Crippen molar-refractivity contribution in [3.8, 4) is 0 Å². The number of carboxylic acid groups (broad SMARTS) is 2. The number of rotatable bonds is 7. The number of anilines is 2. The van der Waals surface area contributed by atoms with Gasteiger partial charge in [0.15, 0.2) is 0 Å². The summed E-state index contributed by atoms with van der Waals surface area (Å²) in [6, 6.07) is 15.1. The number of carboxylic acids is 2. The summed E-state index contributed by atoms with van der Waals surface area (Å²) in [5, 5.41) is 16.5. The standard InChI is InChI=1S/C24H23F2N3O4S.C2HF3O2/c25-19-5-7-21(8-6-19)34(32,33)27-22-15-18(24(30)31)4-9-23(22)29-12-10-28(11-13-29)16-17-2-1-3-20(26)14-17;3-2(4,5)1(6)7/h1-9,14-15,27H,10-13,16H2,(H,30,31);(H,6,7). The largest absolute Gasteiger partial charge is 0.490 e. The second-order valence-corrected chi connectivity index (χ2v) is 10.5. The van der Waals surface area contributed by atoms with Gasteiger partial charge in [0.2, 0.25) is 0 Å². The Morgan fingerprint density at radius 3 is 2.00 bits per heavy atom. The third-order valence-corrected chi connectivity index (χ3v) is 7.24. The molecule has 1 aliphatic rings. The van der Waals surface area contributed by atoms with Gasteiger partial charge < -0.3 is 15.1 Å². The summed E-state index contributed by atoms with van der Waals surface area (Å²) < 4.78 is 86.6. The number of hydrogen-bond acceptors (Lipinski definition) is 6. The molecule has 0 spiro atoms. The lowest BCUT2D eigenvalue weighted by atomic mass is 10.1. The van der Waals surface area contributed by atoms with Crippen molar-refractivity contribution in [3.63, 3.8) is 0 Å². The van der Waals surface area contributed by atoms with Gasteiger partial charge in [-0.25, -0.2) is 26.8 Å². The fraction of sp³-hybridized carbons (Fsp3) is 0.231. The van der Waals surface area contributed by atoms with E-state index in [4.69, 9.17) is 9.90 Å². The van der Waals surface area contributed by atoms with E-state index in [1.54, 1.807) is 12.1 Å². The Hall–Kier alpha value is -4.24. The lowest BCUT2D eigenvalue weighted by Crippen LogP contribution is -2.46. The predicted molar refractivity (Wildman–Crippen MR) is 138 cm³/mol. The zero-order valence-electron chi connectivity index (χ0n) is 21.1. The summed E-state index contributed by atoms with van der Waals surface area (Å²) in [5.41, 5.74) is 1.47. The van der Waals surface area contributed by atoms with Crippen LogP contribution in [-0.2, 0) is 21.4 Å². The van der Waals surface area contributed by atoms with Crippen molar-refractivity contribution in [2.75, 3.05) is 35.8 Å². The molecule has 0 aromatic heterocycles. The molecular weight excluding hydrogens is 577 g/mol. The Balaban J connectivity index is 0.000000587. The van der Waals surface area contributed by atoms with E-state index in [9.17, 15) is 40.3 Å². The van der Waals surface area contributed by atoms with Crippen molar-refractivity contribution in [1.82, 2.24) is 4.90 Å². The van der Waals surface area contributed by atoms with Gasteiger partial charge in [-0.05, 0) is 60.2 Å². The molecule has 0 radical (unpaired) electrons. The fourth-order valence-electron chi connectivity index (χ4n) is 3.88. The van der Waals surface area contributed by atoms with Crippen LogP contribution in [0.3, 0.4) is 0 Å². The molecule has 220 valence electrons. The highest BCUT2D eigenvalue weighted by atomic mass is 32.2. The van der Waals surface area contributed by atoms with Crippen molar-refractivity contribution < 1.29 is 50.2 Å². The molecule has 1 heterocycles. The number of nitrogens with zero attached hydrogens (tertiary/aromatic N) is 2. The quantitative estimate of drug-likeness (QED) is 0.340. The molecule has 3 N–H and O–H groups in total. The molecule has 3 aromatic carbocycles. The number of piperazine rings is 1. The average molecular weight is 602 g/mol. The first kappa shape index (κ1) is 31.3. The molecule has 0 bridgehead atoms. The maximum atomic E-state index is 13.5. The van der Waals surface area contributed by atoms with Gasteiger partial charge in [-0.15, -0.1) is 0 Å². The number of hydrogen-bond donors (Lipinski definition) is 3. The van der Waals surface area contributed by atoms with Crippen molar-refractivity contribution in [2.45, 2.75) is 17.6 Å². The lowest BCUT2D eigenvalue weighted by Gasteiger charge is -2.37. The van der Waals surface area contributed by atoms with Crippen LogP contribution in [0.1, 0.15) is 15.9 Å². The Morgan fingerprint density at radius 2 is 1.46 bits per heavy atom. The number of aliphatic carboxylic acids is 1. The molecule has 0 unspecified atom stereocenters. The first-order valence-electron chi connectivity index (χ1n) is 11.8. The summed E-state index contributed by atoms with van der Waals surface area (Å²) in [6.45, 7) is 3.02. The zero-order chi connectivity index (χ0) is 30.4. The molecule has 15 heteroatoms. The van der Waals surface area contributed by atoms with Crippen molar-refractivity contribution in [2.24, 2.45) is 0 Å². The molecule has 41 heavy (non-hydrogen) atoms. The zero-order valence-corrected chi connectivity index (χ0v) is 21.9. The van der Waals surface area contributed by atoms with Gasteiger partial charge in [-0.2, -0.15) is 13.2 Å². The Morgan fingerprint density at radius 1 is 0.854 bits per heavy atom. The van der Waals surface area contributed by atoms with E-state index < -0.39 is 34.0 Å². The molecule has 3 aromatic rings. The Labute approximate surface area is 231 Å². The lowest BCUT2D eigenvalue weighted by molar-refractivity contribution is -0.192. The van der Waals surface area contributed by atoms with E-state index in [2.05, 4.69) is 9.62 Å². The molecule has 1 saturated heterocycles. The van der Waals surface area contributed by atoms with Crippen LogP contribution >= 0.6 is 0 Å². The van der Waals surface area contributed by atoms with E-state index in [-0.39, 0.29) is 22.0 Å². The first-order chi connectivity index (χ1) is 19.2. The normalized spacial score (nSPS) is 14.1. The minimum atomic E-state index is -5.08. The number of sulfonamides is 1. The van der Waals surface area contributed by atoms with Crippen LogP contribution in [0.4, 0.5) is 33.3 Å². The molecule has 0 atom stereocenters.